The molecule has 0 unspecified atom stereocenters. The number of nitrogens with one attached hydrogen (secondary N) is 2. The average Bonchev–Trinajstić information content (AvgIpc) is 3.43. The number of nitrogens with zero attached hydrogens (tertiary/aromatic N) is 2. The molecule has 7 nitrogen and oxygen atoms in total. The molecule has 33 heavy (non-hydrogen) atoms. The summed E-state index contributed by atoms with van der Waals surface area (Å²) in [5.74, 6) is 1.85. The van der Waals surface area contributed by atoms with Crippen molar-refractivity contribution in [1.29, 1.82) is 0 Å². The van der Waals surface area contributed by atoms with Crippen molar-refractivity contribution in [3.8, 4) is 22.8 Å². The number of amides is 1. The molecule has 2 N–H and O–H groups in total. The summed E-state index contributed by atoms with van der Waals surface area (Å²) >= 11 is -0.318. The number of rotatable bonds is 7. The first-order valence-corrected chi connectivity index (χ1v) is 13.3. The van der Waals surface area contributed by atoms with E-state index in [1.165, 1.54) is 5.69 Å². The Morgan fingerprint density at radius 3 is 2.73 bits per heavy atom. The van der Waals surface area contributed by atoms with E-state index in [2.05, 4.69) is 38.0 Å². The van der Waals surface area contributed by atoms with Crippen molar-refractivity contribution in [3.63, 3.8) is 0 Å². The van der Waals surface area contributed by atoms with Crippen LogP contribution in [0.15, 0.2) is 48.5 Å². The maximum atomic E-state index is 11.9. The van der Waals surface area contributed by atoms with Gasteiger partial charge in [-0.05, 0) is 7.05 Å². The van der Waals surface area contributed by atoms with Crippen molar-refractivity contribution in [2.24, 2.45) is 0 Å². The van der Waals surface area contributed by atoms with Crippen molar-refractivity contribution >= 4 is 22.5 Å². The third kappa shape index (κ3) is 4.59. The second-order valence-corrected chi connectivity index (χ2v) is 11.9. The topological polar surface area (TPSA) is 75.7 Å². The van der Waals surface area contributed by atoms with Gasteiger partial charge in [0.1, 0.15) is 0 Å². The standard InChI is InChI=1S/C25H28IN4O3/c1-27-10-12-33-18-5-3-17(4-6-18)21-14-23(20-8-7-19(32-2)13-22(20)28-21)30-11-9-25(16-30)15-24(31)29-26-25/h3-8,13-14,27H,9-12,15-16H2,1-2H3,(H,29,31)/q-1/t25-/m1/s1. The van der Waals surface area contributed by atoms with E-state index in [0.717, 1.165) is 59.7 Å². The minimum absolute atomic E-state index is 0.143. The monoisotopic (exact) mass is 559 g/mol. The van der Waals surface area contributed by atoms with Crippen LogP contribution in [0.25, 0.3) is 22.2 Å². The minimum atomic E-state index is -0.318. The van der Waals surface area contributed by atoms with E-state index in [0.29, 0.717) is 13.0 Å². The Kier molecular flexibility index (Phi) is 6.29. The molecule has 2 aromatic carbocycles. The van der Waals surface area contributed by atoms with E-state index in [-0.39, 0.29) is 30.8 Å². The molecule has 3 aromatic rings. The van der Waals surface area contributed by atoms with E-state index >= 15 is 0 Å². The van der Waals surface area contributed by atoms with Gasteiger partial charge in [-0.2, -0.15) is 0 Å². The maximum absolute atomic E-state index is 11.9. The predicted octanol–water partition coefficient (Wildman–Crippen LogP) is -0.0186. The van der Waals surface area contributed by atoms with Gasteiger partial charge in [0.05, 0.1) is 0 Å². The zero-order chi connectivity index (χ0) is 22.8. The molecule has 1 aromatic heterocycles. The number of ether oxygens (including phenoxy) is 2. The molecule has 8 heteroatoms. The van der Waals surface area contributed by atoms with Crippen LogP contribution < -0.4 is 44.7 Å². The van der Waals surface area contributed by atoms with Crippen LogP contribution in [0.3, 0.4) is 0 Å². The van der Waals surface area contributed by atoms with Crippen LogP contribution >= 0.6 is 0 Å². The number of hydrogen-bond acceptors (Lipinski definition) is 6. The molecular weight excluding hydrogens is 531 g/mol. The number of anilines is 1. The molecule has 2 aliphatic rings. The number of halogens is 1. The van der Waals surface area contributed by atoms with Gasteiger partial charge in [-0.25, -0.2) is 0 Å². The fourth-order valence-corrected chi connectivity index (χ4v) is 7.18. The summed E-state index contributed by atoms with van der Waals surface area (Å²) in [7, 11) is 3.59. The molecule has 0 radical (unpaired) electrons. The molecule has 2 aliphatic heterocycles. The molecule has 2 fully saturated rings. The van der Waals surface area contributed by atoms with Crippen LogP contribution in [0.4, 0.5) is 5.69 Å². The first-order valence-electron chi connectivity index (χ1n) is 11.1. The predicted molar refractivity (Wildman–Crippen MR) is 125 cm³/mol. The fourth-order valence-electron chi connectivity index (χ4n) is 4.49. The van der Waals surface area contributed by atoms with Gasteiger partial charge in [-0.15, -0.1) is 0 Å². The zero-order valence-corrected chi connectivity index (χ0v) is 21.0. The van der Waals surface area contributed by atoms with Crippen LogP contribution in [0, 0.1) is 0 Å². The molecule has 5 rings (SSSR count). The molecule has 1 atom stereocenters. The third-order valence-corrected chi connectivity index (χ3v) is 9.52. The number of carbonyl (C=O) groups excluding carboxylic acids is 1. The van der Waals surface area contributed by atoms with E-state index in [4.69, 9.17) is 14.5 Å². The molecule has 0 bridgehead atoms. The first-order chi connectivity index (χ1) is 16.1. The number of methoxy groups -OCH3 is 1. The van der Waals surface area contributed by atoms with Crippen LogP contribution in [-0.4, -0.2) is 54.7 Å². The molecule has 3 heterocycles. The Morgan fingerprint density at radius 1 is 1.18 bits per heavy atom. The number of hydrogen-bond donors (Lipinski definition) is 2. The van der Waals surface area contributed by atoms with Crippen molar-refractivity contribution in [3.05, 3.63) is 48.5 Å². The Bertz CT molecular complexity index is 1170. The van der Waals surface area contributed by atoms with Crippen molar-refractivity contribution in [2.45, 2.75) is 16.3 Å². The normalized spacial score (nSPS) is 20.2. The van der Waals surface area contributed by atoms with Crippen molar-refractivity contribution < 1.29 is 35.7 Å². The summed E-state index contributed by atoms with van der Waals surface area (Å²) in [5, 5.41) is 4.19. The number of aromatic nitrogens is 1. The molecular formula is C25H28IN4O3-. The number of benzene rings is 2. The van der Waals surface area contributed by atoms with Crippen LogP contribution in [0.2, 0.25) is 0 Å². The SMILES string of the molecule is CNCCOc1ccc(-c2cc(N3CC[C@@]4(CC(=O)N[I-]4)C3)c3ccc(OC)cc3n2)cc1. The Morgan fingerprint density at radius 2 is 2.00 bits per heavy atom. The van der Waals surface area contributed by atoms with Gasteiger partial charge < -0.3 is 5.32 Å². The first kappa shape index (κ1) is 22.2. The Labute approximate surface area is 204 Å². The van der Waals surface area contributed by atoms with Crippen molar-refractivity contribution in [1.82, 2.24) is 13.8 Å². The fraction of sp³-hybridized carbons (Fsp3) is 0.360. The number of alkyl halides is 1. The molecule has 1 amide bonds. The van der Waals surface area contributed by atoms with Crippen LogP contribution in [0.1, 0.15) is 12.8 Å². The third-order valence-electron chi connectivity index (χ3n) is 6.24. The van der Waals surface area contributed by atoms with Gasteiger partial charge in [0.25, 0.3) is 0 Å². The molecule has 174 valence electrons. The summed E-state index contributed by atoms with van der Waals surface area (Å²) in [6, 6.07) is 16.4. The van der Waals surface area contributed by atoms with E-state index in [9.17, 15) is 4.79 Å². The van der Waals surface area contributed by atoms with Gasteiger partial charge in [-0.3, -0.25) is 0 Å². The summed E-state index contributed by atoms with van der Waals surface area (Å²) in [5.41, 5.74) is 4.05. The number of carbonyl (C=O) groups is 1. The van der Waals surface area contributed by atoms with E-state index < -0.39 is 0 Å². The molecule has 0 aliphatic carbocycles. The summed E-state index contributed by atoms with van der Waals surface area (Å²) < 4.78 is 14.5. The zero-order valence-electron chi connectivity index (χ0n) is 18.9. The average molecular weight is 559 g/mol. The van der Waals surface area contributed by atoms with Gasteiger partial charge in [0, 0.05) is 6.54 Å². The second-order valence-electron chi connectivity index (χ2n) is 8.50. The van der Waals surface area contributed by atoms with Gasteiger partial charge in [0.15, 0.2) is 0 Å². The van der Waals surface area contributed by atoms with Crippen LogP contribution in [-0.2, 0) is 4.79 Å². The second kappa shape index (κ2) is 9.34. The summed E-state index contributed by atoms with van der Waals surface area (Å²) in [4.78, 5) is 19.4. The molecule has 2 saturated heterocycles. The Balaban J connectivity index is 1.50. The van der Waals surface area contributed by atoms with Gasteiger partial charge in [-0.1, -0.05) is 0 Å². The number of likely N-dealkylation sites (N-methyl/N-ethyl adjacent to an activating group) is 1. The molecule has 0 saturated carbocycles. The Hall–Kier alpha value is -2.59. The van der Waals surface area contributed by atoms with Crippen LogP contribution in [0.5, 0.6) is 11.5 Å². The number of pyridine rings is 1. The van der Waals surface area contributed by atoms with Crippen molar-refractivity contribution in [2.75, 3.05) is 45.3 Å². The summed E-state index contributed by atoms with van der Waals surface area (Å²) in [6.07, 6.45) is 1.72. The number of fused-ring (bicyclic) bond motifs is 1. The van der Waals surface area contributed by atoms with E-state index in [1.54, 1.807) is 7.11 Å². The summed E-state index contributed by atoms with van der Waals surface area (Å²) in [6.45, 7) is 3.31. The van der Waals surface area contributed by atoms with Gasteiger partial charge in [0.2, 0.25) is 0 Å². The molecule has 1 spiro atoms. The van der Waals surface area contributed by atoms with E-state index in [1.807, 2.05) is 31.3 Å². The van der Waals surface area contributed by atoms with Gasteiger partial charge >= 0.3 is 186 Å². The quantitative estimate of drug-likeness (QED) is 0.184.